The summed E-state index contributed by atoms with van der Waals surface area (Å²) in [5, 5.41) is 25.7. The summed E-state index contributed by atoms with van der Waals surface area (Å²) in [4.78, 5) is 82.7. The van der Waals surface area contributed by atoms with Crippen molar-refractivity contribution >= 4 is 35.1 Å². The molecule has 3 unspecified atom stereocenters. The number of hydrogen-bond acceptors (Lipinski definition) is 10. The maximum atomic E-state index is 14.0. The smallest absolute Gasteiger partial charge is 0.317 e. The van der Waals surface area contributed by atoms with Gasteiger partial charge in [0.1, 0.15) is 5.75 Å². The van der Waals surface area contributed by atoms with Crippen LogP contribution in [0.25, 0.3) is 0 Å². The molecule has 3 amide bonds. The van der Waals surface area contributed by atoms with Crippen molar-refractivity contribution in [2.45, 2.75) is 44.4 Å². The van der Waals surface area contributed by atoms with Crippen LogP contribution >= 0.6 is 0 Å². The minimum absolute atomic E-state index is 0.0419. The number of morpholine rings is 1. The van der Waals surface area contributed by atoms with Gasteiger partial charge < -0.3 is 30.9 Å². The van der Waals surface area contributed by atoms with Crippen molar-refractivity contribution in [2.24, 2.45) is 29.4 Å². The maximum absolute atomic E-state index is 14.0. The molecule has 0 aromatic heterocycles. The molecule has 0 bridgehead atoms. The first-order valence-electron chi connectivity index (χ1n) is 14.2. The van der Waals surface area contributed by atoms with E-state index in [4.69, 9.17) is 10.5 Å². The summed E-state index contributed by atoms with van der Waals surface area (Å²) in [6.45, 7) is 3.59. The van der Waals surface area contributed by atoms with Crippen molar-refractivity contribution in [2.75, 3.05) is 40.4 Å². The molecular weight excluding hydrogens is 548 g/mol. The van der Waals surface area contributed by atoms with Gasteiger partial charge in [-0.05, 0) is 56.0 Å². The van der Waals surface area contributed by atoms with Crippen LogP contribution < -0.4 is 11.1 Å². The van der Waals surface area contributed by atoms with Crippen LogP contribution in [0.15, 0.2) is 6.07 Å². The van der Waals surface area contributed by atoms with Crippen LogP contribution in [-0.2, 0) is 43.3 Å². The van der Waals surface area contributed by atoms with Gasteiger partial charge in [-0.3, -0.25) is 28.9 Å². The fourth-order valence-corrected chi connectivity index (χ4v) is 7.29. The number of phenols is 1. The number of phenolic OH excluding ortho intramolecular Hbond substituents is 1. The normalized spacial score (nSPS) is 31.0. The Labute approximate surface area is 242 Å². The molecule has 0 spiro atoms. The van der Waals surface area contributed by atoms with Gasteiger partial charge >= 0.3 is 6.03 Å². The van der Waals surface area contributed by atoms with E-state index in [0.29, 0.717) is 49.4 Å². The number of hydrogen-bond donors (Lipinski definition) is 4. The largest absolute Gasteiger partial charge is 0.507 e. The fraction of sp³-hybridized carbons (Fsp3) is 0.586. The highest BCUT2D eigenvalue weighted by atomic mass is 16.5. The second-order valence-electron chi connectivity index (χ2n) is 11.8. The van der Waals surface area contributed by atoms with Gasteiger partial charge in [0.05, 0.1) is 30.7 Å². The van der Waals surface area contributed by atoms with Gasteiger partial charge in [0.2, 0.25) is 5.91 Å². The third-order valence-corrected chi connectivity index (χ3v) is 9.34. The Bertz CT molecular complexity index is 1390. The molecule has 4 aliphatic rings. The molecule has 226 valence electrons. The van der Waals surface area contributed by atoms with Gasteiger partial charge in [-0.15, -0.1) is 0 Å². The summed E-state index contributed by atoms with van der Waals surface area (Å²) in [5.41, 5.74) is 4.04. The Morgan fingerprint density at radius 1 is 1.14 bits per heavy atom. The summed E-state index contributed by atoms with van der Waals surface area (Å²) in [7, 11) is 3.07. The number of ketones is 4. The Hall–Kier alpha value is -3.68. The molecule has 42 heavy (non-hydrogen) atoms. The minimum atomic E-state index is -2.77. The van der Waals surface area contributed by atoms with Crippen LogP contribution in [0.2, 0.25) is 0 Å². The lowest BCUT2D eigenvalue weighted by Gasteiger charge is -2.52. The van der Waals surface area contributed by atoms with Crippen LogP contribution in [0.3, 0.4) is 0 Å². The van der Waals surface area contributed by atoms with Crippen molar-refractivity contribution < 1.29 is 43.7 Å². The number of ether oxygens (including phenoxy) is 1. The number of likely N-dealkylation sites (N-methyl/N-ethyl adjacent to an activating group) is 1. The van der Waals surface area contributed by atoms with E-state index in [0.717, 1.165) is 0 Å². The number of nitrogens with one attached hydrogen (secondary N) is 1. The molecule has 1 saturated heterocycles. The SMILES string of the molecule is CCc1cc(CNC(=O)N2CCOCC2)c2c(c1O)C(=O)C1C(=O)[C@]3(O)C(=O)C(C(N)=O)C(=O)C(N(C)C)[C@@H]3C[C@@H]1C2. The summed E-state index contributed by atoms with van der Waals surface area (Å²) < 4.78 is 5.30. The molecule has 3 fully saturated rings. The number of urea groups is 1. The second-order valence-corrected chi connectivity index (χ2v) is 11.8. The average molecular weight is 585 g/mol. The number of aliphatic hydroxyl groups is 1. The average Bonchev–Trinajstić information content (AvgIpc) is 2.94. The molecule has 5 rings (SSSR count). The Kier molecular flexibility index (Phi) is 7.71. The van der Waals surface area contributed by atoms with Gasteiger partial charge in [-0.1, -0.05) is 13.0 Å². The molecule has 13 nitrogen and oxygen atoms in total. The lowest BCUT2D eigenvalue weighted by Crippen LogP contribution is -2.74. The lowest BCUT2D eigenvalue weighted by molar-refractivity contribution is -0.181. The van der Waals surface area contributed by atoms with Crippen molar-refractivity contribution in [3.63, 3.8) is 0 Å². The highest BCUT2D eigenvalue weighted by Crippen LogP contribution is 2.51. The number of fused-ring (bicyclic) bond motifs is 3. The molecule has 2 saturated carbocycles. The second kappa shape index (κ2) is 10.9. The van der Waals surface area contributed by atoms with Crippen LogP contribution in [0.5, 0.6) is 5.75 Å². The number of carbonyl (C=O) groups excluding carboxylic acids is 6. The zero-order chi connectivity index (χ0) is 30.7. The van der Waals surface area contributed by atoms with E-state index >= 15 is 0 Å². The van der Waals surface area contributed by atoms with Gasteiger partial charge in [-0.25, -0.2) is 4.79 Å². The lowest BCUT2D eigenvalue weighted by atomic mass is 9.52. The summed E-state index contributed by atoms with van der Waals surface area (Å²) in [6.07, 6.45) is 0.447. The number of Topliss-reactive ketones (excluding diaryl/α,β-unsaturated/α-hetero) is 4. The molecule has 13 heteroatoms. The van der Waals surface area contributed by atoms with Crippen molar-refractivity contribution in [3.05, 3.63) is 28.3 Å². The zero-order valence-corrected chi connectivity index (χ0v) is 23.8. The molecule has 3 aliphatic carbocycles. The van der Waals surface area contributed by atoms with Crippen molar-refractivity contribution in [3.8, 4) is 5.75 Å². The number of amides is 3. The summed E-state index contributed by atoms with van der Waals surface area (Å²) in [5.74, 6) is -10.9. The monoisotopic (exact) mass is 584 g/mol. The third kappa shape index (κ3) is 4.41. The number of benzene rings is 1. The van der Waals surface area contributed by atoms with E-state index in [1.54, 1.807) is 17.9 Å². The van der Waals surface area contributed by atoms with Crippen LogP contribution in [-0.4, -0.2) is 107 Å². The number of rotatable bonds is 5. The predicted octanol–water partition coefficient (Wildman–Crippen LogP) is -1.03. The topological polar surface area (TPSA) is 197 Å². The molecule has 6 atom stereocenters. The van der Waals surface area contributed by atoms with Crippen molar-refractivity contribution in [1.29, 1.82) is 0 Å². The number of aryl methyl sites for hydroxylation is 1. The standard InChI is InChI=1S/C29H36N4O9/c1-4-13-9-15(12-31-28(40)33-5-7-42-8-6-33)16-10-14-11-17-21(32(2)3)24(36)20(27(30)39)26(38)29(17,41)25(37)18(14)23(35)19(16)22(13)34/h9,14,17-18,20-21,34,41H,4-8,10-12H2,1-3H3,(H2,30,39)(H,31,40)/t14-,17-,18?,20?,21?,29-/m0/s1. The molecule has 1 aromatic rings. The molecule has 0 radical (unpaired) electrons. The molecular formula is C29H36N4O9. The third-order valence-electron chi connectivity index (χ3n) is 9.34. The quantitative estimate of drug-likeness (QED) is 0.311. The number of nitrogens with zero attached hydrogens (tertiary/aromatic N) is 2. The Morgan fingerprint density at radius 2 is 1.81 bits per heavy atom. The molecule has 1 heterocycles. The van der Waals surface area contributed by atoms with Crippen LogP contribution in [0.1, 0.15) is 40.4 Å². The zero-order valence-electron chi connectivity index (χ0n) is 23.8. The number of carbonyl (C=O) groups is 6. The van der Waals surface area contributed by atoms with Gasteiger partial charge in [0.25, 0.3) is 0 Å². The van der Waals surface area contributed by atoms with E-state index in [2.05, 4.69) is 5.32 Å². The number of nitrogens with two attached hydrogens (primary N) is 1. The van der Waals surface area contributed by atoms with E-state index in [1.807, 2.05) is 0 Å². The first-order chi connectivity index (χ1) is 19.8. The van der Waals surface area contributed by atoms with Gasteiger partial charge in [0.15, 0.2) is 34.7 Å². The highest BCUT2D eigenvalue weighted by Gasteiger charge is 2.69. The first-order valence-corrected chi connectivity index (χ1v) is 14.2. The first kappa shape index (κ1) is 29.8. The molecule has 1 aliphatic heterocycles. The van der Waals surface area contributed by atoms with E-state index in [9.17, 15) is 39.0 Å². The van der Waals surface area contributed by atoms with E-state index in [-0.39, 0.29) is 36.7 Å². The predicted molar refractivity (Wildman–Crippen MR) is 145 cm³/mol. The number of aromatic hydroxyl groups is 1. The van der Waals surface area contributed by atoms with Gasteiger partial charge in [-0.2, -0.15) is 0 Å². The molecule has 5 N–H and O–H groups in total. The van der Waals surface area contributed by atoms with Crippen LogP contribution in [0, 0.1) is 23.7 Å². The molecule has 1 aromatic carbocycles. The fourth-order valence-electron chi connectivity index (χ4n) is 7.29. The summed E-state index contributed by atoms with van der Waals surface area (Å²) >= 11 is 0. The van der Waals surface area contributed by atoms with E-state index < -0.39 is 64.4 Å². The Morgan fingerprint density at radius 3 is 2.40 bits per heavy atom. The minimum Gasteiger partial charge on any atom is -0.507 e. The maximum Gasteiger partial charge on any atom is 0.317 e. The van der Waals surface area contributed by atoms with E-state index in [1.165, 1.54) is 19.0 Å². The summed E-state index contributed by atoms with van der Waals surface area (Å²) in [6, 6.07) is 0.263. The Balaban J connectivity index is 1.55. The number of primary amides is 1. The highest BCUT2D eigenvalue weighted by molar-refractivity contribution is 6.32. The van der Waals surface area contributed by atoms with Gasteiger partial charge in [0, 0.05) is 25.6 Å². The van der Waals surface area contributed by atoms with Crippen LogP contribution in [0.4, 0.5) is 4.79 Å². The van der Waals surface area contributed by atoms with Crippen molar-refractivity contribution in [1.82, 2.24) is 15.1 Å².